The highest BCUT2D eigenvalue weighted by Gasteiger charge is 2.37. The number of sulfonamides is 1. The third-order valence-corrected chi connectivity index (χ3v) is 11.0. The number of hydrogen-bond acceptors (Lipinski definition) is 7. The minimum absolute atomic E-state index is 0.0518. The molecule has 5 rings (SSSR count). The molecular formula is C30H33ClF3N5O3S2. The predicted octanol–water partition coefficient (Wildman–Crippen LogP) is 5.51. The second kappa shape index (κ2) is 13.2. The van der Waals surface area contributed by atoms with Gasteiger partial charge < -0.3 is 10.2 Å². The van der Waals surface area contributed by atoms with Crippen LogP contribution in [0.2, 0.25) is 4.34 Å². The largest absolute Gasteiger partial charge is 0.416 e. The SMILES string of the molecule is CC(C)CN1CCN(c2cc(CNC(=O)C3C=CCN3S(=O)(=O)c3ccc(Cl)s3)cc(-c3ccc(C(F)(F)F)cc3)n2)CC1. The van der Waals surface area contributed by atoms with Gasteiger partial charge in [-0.1, -0.05) is 49.7 Å². The highest BCUT2D eigenvalue weighted by Crippen LogP contribution is 2.32. The molecule has 2 aliphatic rings. The molecule has 1 atom stereocenters. The molecule has 1 amide bonds. The second-order valence-corrected chi connectivity index (χ2v) is 15.0. The molecule has 1 fully saturated rings. The van der Waals surface area contributed by atoms with Gasteiger partial charge in [-0.15, -0.1) is 11.3 Å². The first-order valence-electron chi connectivity index (χ1n) is 14.2. The van der Waals surface area contributed by atoms with Gasteiger partial charge in [0.05, 0.1) is 15.6 Å². The lowest BCUT2D eigenvalue weighted by Crippen LogP contribution is -2.47. The Kier molecular flexibility index (Phi) is 9.71. The summed E-state index contributed by atoms with van der Waals surface area (Å²) in [5, 5.41) is 2.84. The van der Waals surface area contributed by atoms with E-state index >= 15 is 0 Å². The monoisotopic (exact) mass is 667 g/mol. The number of rotatable bonds is 9. The number of carbonyl (C=O) groups excluding carboxylic acids is 1. The molecule has 1 N–H and O–H groups in total. The third kappa shape index (κ3) is 7.45. The van der Waals surface area contributed by atoms with Crippen LogP contribution in [0.5, 0.6) is 0 Å². The summed E-state index contributed by atoms with van der Waals surface area (Å²) in [7, 11) is -3.94. The van der Waals surface area contributed by atoms with Crippen LogP contribution in [0.1, 0.15) is 25.0 Å². The molecule has 0 radical (unpaired) electrons. The summed E-state index contributed by atoms with van der Waals surface area (Å²) in [5.74, 6) is 0.707. The highest BCUT2D eigenvalue weighted by molar-refractivity contribution is 7.91. The molecule has 4 heterocycles. The molecule has 236 valence electrons. The van der Waals surface area contributed by atoms with Crippen LogP contribution in [0.15, 0.2) is 64.9 Å². The molecule has 0 aliphatic carbocycles. The second-order valence-electron chi connectivity index (χ2n) is 11.2. The van der Waals surface area contributed by atoms with Crippen molar-refractivity contribution in [2.45, 2.75) is 36.8 Å². The zero-order valence-electron chi connectivity index (χ0n) is 24.2. The molecule has 0 saturated carbocycles. The van der Waals surface area contributed by atoms with Crippen molar-refractivity contribution in [3.63, 3.8) is 0 Å². The molecular weight excluding hydrogens is 635 g/mol. The van der Waals surface area contributed by atoms with Crippen LogP contribution in [-0.2, 0) is 27.5 Å². The average Bonchev–Trinajstić information content (AvgIpc) is 3.66. The zero-order chi connectivity index (χ0) is 31.6. The van der Waals surface area contributed by atoms with Crippen molar-refractivity contribution in [3.8, 4) is 11.3 Å². The Labute approximate surface area is 264 Å². The molecule has 8 nitrogen and oxygen atoms in total. The van der Waals surface area contributed by atoms with Crippen LogP contribution in [-0.4, -0.2) is 73.8 Å². The molecule has 1 unspecified atom stereocenters. The van der Waals surface area contributed by atoms with Gasteiger partial charge >= 0.3 is 6.18 Å². The summed E-state index contributed by atoms with van der Waals surface area (Å²) in [6.45, 7) is 8.63. The standard InChI is InChI=1S/C30H33ClF3N5O3S2/c1-20(2)19-37-12-14-38(15-13-37)27-17-21(16-24(36-27)22-5-7-23(8-6-22)30(32,33)34)18-35-29(40)25-4-3-11-39(25)44(41,42)28-10-9-26(31)43-28/h3-10,16-17,20,25H,11-15,18-19H2,1-2H3,(H,35,40). The molecule has 0 spiro atoms. The first kappa shape index (κ1) is 32.4. The summed E-state index contributed by atoms with van der Waals surface area (Å²) >= 11 is 6.87. The number of nitrogens with one attached hydrogen (secondary N) is 1. The maximum atomic E-state index is 13.3. The van der Waals surface area contributed by atoms with Gasteiger partial charge in [0.1, 0.15) is 16.1 Å². The van der Waals surface area contributed by atoms with Crippen molar-refractivity contribution in [3.05, 3.63) is 76.1 Å². The first-order valence-corrected chi connectivity index (χ1v) is 16.8. The summed E-state index contributed by atoms with van der Waals surface area (Å²) in [5.41, 5.74) is 0.922. The van der Waals surface area contributed by atoms with Gasteiger partial charge in [-0.2, -0.15) is 17.5 Å². The zero-order valence-corrected chi connectivity index (χ0v) is 26.6. The number of pyridine rings is 1. The fraction of sp³-hybridized carbons (Fsp3) is 0.400. The van der Waals surface area contributed by atoms with Gasteiger partial charge in [0.25, 0.3) is 10.0 Å². The Balaban J connectivity index is 1.36. The Bertz CT molecular complexity index is 1620. The van der Waals surface area contributed by atoms with E-state index < -0.39 is 33.7 Å². The lowest BCUT2D eigenvalue weighted by molar-refractivity contribution is -0.137. The van der Waals surface area contributed by atoms with Gasteiger partial charge in [0.2, 0.25) is 5.91 Å². The number of hydrogen-bond donors (Lipinski definition) is 1. The summed E-state index contributed by atoms with van der Waals surface area (Å²) in [4.78, 5) is 22.6. The van der Waals surface area contributed by atoms with E-state index in [9.17, 15) is 26.4 Å². The average molecular weight is 668 g/mol. The topological polar surface area (TPSA) is 85.9 Å². The van der Waals surface area contributed by atoms with Gasteiger partial charge in [0.15, 0.2) is 0 Å². The lowest BCUT2D eigenvalue weighted by Gasteiger charge is -2.36. The van der Waals surface area contributed by atoms with Crippen molar-refractivity contribution in [1.82, 2.24) is 19.5 Å². The fourth-order valence-electron chi connectivity index (χ4n) is 5.30. The van der Waals surface area contributed by atoms with E-state index in [1.807, 2.05) is 6.07 Å². The maximum absolute atomic E-state index is 13.3. The van der Waals surface area contributed by atoms with E-state index in [0.717, 1.165) is 60.5 Å². The molecule has 2 aromatic heterocycles. The van der Waals surface area contributed by atoms with E-state index in [-0.39, 0.29) is 17.3 Å². The van der Waals surface area contributed by atoms with Crippen molar-refractivity contribution in [2.24, 2.45) is 5.92 Å². The number of anilines is 1. The maximum Gasteiger partial charge on any atom is 0.416 e. The van der Waals surface area contributed by atoms with Crippen LogP contribution in [0.25, 0.3) is 11.3 Å². The molecule has 2 aliphatic heterocycles. The van der Waals surface area contributed by atoms with E-state index in [4.69, 9.17) is 16.6 Å². The number of aromatic nitrogens is 1. The minimum atomic E-state index is -4.45. The van der Waals surface area contributed by atoms with E-state index in [1.54, 1.807) is 18.2 Å². The first-order chi connectivity index (χ1) is 20.8. The van der Waals surface area contributed by atoms with Gasteiger partial charge in [0, 0.05) is 51.4 Å². The third-order valence-electron chi connectivity index (χ3n) is 7.46. The highest BCUT2D eigenvalue weighted by atomic mass is 35.5. The quantitative estimate of drug-likeness (QED) is 0.303. The number of alkyl halides is 3. The van der Waals surface area contributed by atoms with Crippen LogP contribution < -0.4 is 10.2 Å². The normalized spacial score (nSPS) is 18.3. The predicted molar refractivity (Wildman–Crippen MR) is 166 cm³/mol. The summed E-state index contributed by atoms with van der Waals surface area (Å²) in [6.07, 6.45) is -1.28. The van der Waals surface area contributed by atoms with E-state index in [2.05, 4.69) is 29.0 Å². The molecule has 0 bridgehead atoms. The molecule has 14 heteroatoms. The summed E-state index contributed by atoms with van der Waals surface area (Å²) in [6, 6.07) is 10.3. The molecule has 1 saturated heterocycles. The Morgan fingerprint density at radius 3 is 2.41 bits per heavy atom. The molecule has 44 heavy (non-hydrogen) atoms. The smallest absolute Gasteiger partial charge is 0.354 e. The van der Waals surface area contributed by atoms with E-state index in [1.165, 1.54) is 24.3 Å². The van der Waals surface area contributed by atoms with Crippen LogP contribution in [0.4, 0.5) is 19.0 Å². The number of halogens is 4. The van der Waals surface area contributed by atoms with Crippen LogP contribution in [0.3, 0.4) is 0 Å². The van der Waals surface area contributed by atoms with Crippen molar-refractivity contribution >= 4 is 44.7 Å². The number of nitrogens with zero attached hydrogens (tertiary/aromatic N) is 4. The molecule has 1 aromatic carbocycles. The van der Waals surface area contributed by atoms with Crippen molar-refractivity contribution < 1.29 is 26.4 Å². The lowest BCUT2D eigenvalue weighted by atomic mass is 10.1. The number of carbonyl (C=O) groups is 1. The van der Waals surface area contributed by atoms with Gasteiger partial charge in [-0.25, -0.2) is 13.4 Å². The number of thiophene rings is 1. The Hall–Kier alpha value is -2.97. The fourth-order valence-corrected chi connectivity index (χ4v) is 8.41. The number of piperazine rings is 1. The van der Waals surface area contributed by atoms with Gasteiger partial charge in [-0.05, 0) is 47.9 Å². The van der Waals surface area contributed by atoms with Gasteiger partial charge in [-0.3, -0.25) is 9.69 Å². The number of benzene rings is 1. The van der Waals surface area contributed by atoms with Crippen LogP contribution >= 0.6 is 22.9 Å². The Morgan fingerprint density at radius 1 is 1.09 bits per heavy atom. The Morgan fingerprint density at radius 2 is 1.80 bits per heavy atom. The number of amides is 1. The minimum Gasteiger partial charge on any atom is -0.354 e. The van der Waals surface area contributed by atoms with Crippen LogP contribution in [0, 0.1) is 5.92 Å². The van der Waals surface area contributed by atoms with E-state index in [0.29, 0.717) is 32.9 Å². The van der Waals surface area contributed by atoms with Crippen molar-refractivity contribution in [2.75, 3.05) is 44.2 Å². The molecule has 3 aromatic rings. The summed E-state index contributed by atoms with van der Waals surface area (Å²) < 4.78 is 67.5. The van der Waals surface area contributed by atoms with Crippen molar-refractivity contribution in [1.29, 1.82) is 0 Å².